The number of hydrogen-bond donors (Lipinski definition) is 1. The molecule has 106 valence electrons. The van der Waals surface area contributed by atoms with Crippen LogP contribution >= 0.6 is 0 Å². The summed E-state index contributed by atoms with van der Waals surface area (Å²) in [4.78, 5) is 6.54. The minimum absolute atomic E-state index is 0.0583. The van der Waals surface area contributed by atoms with Gasteiger partial charge in [0.25, 0.3) is 0 Å². The molecule has 0 spiro atoms. The van der Waals surface area contributed by atoms with E-state index in [1.54, 1.807) is 6.20 Å². The summed E-state index contributed by atoms with van der Waals surface area (Å²) in [6.07, 6.45) is 3.01. The van der Waals surface area contributed by atoms with Gasteiger partial charge in [0.15, 0.2) is 0 Å². The van der Waals surface area contributed by atoms with Gasteiger partial charge in [-0.05, 0) is 12.1 Å². The zero-order valence-electron chi connectivity index (χ0n) is 11.1. The second-order valence-corrected chi connectivity index (χ2v) is 6.69. The first-order chi connectivity index (χ1) is 9.02. The molecule has 19 heavy (non-hydrogen) atoms. The molecule has 0 radical (unpaired) electrons. The third kappa shape index (κ3) is 3.50. The van der Waals surface area contributed by atoms with E-state index >= 15 is 0 Å². The molecule has 1 atom stereocenters. The zero-order valence-corrected chi connectivity index (χ0v) is 11.9. The molecule has 0 aromatic carbocycles. The normalized spacial score (nSPS) is 20.3. The lowest BCUT2D eigenvalue weighted by Gasteiger charge is -2.37. The molecule has 0 aliphatic carbocycles. The van der Waals surface area contributed by atoms with E-state index in [0.29, 0.717) is 32.7 Å². The SMILES string of the molecule is CS(=O)(=O)N1CCN(C(CN)c2ccccn2)CC1. The van der Waals surface area contributed by atoms with Crippen LogP contribution in [0.15, 0.2) is 24.4 Å². The van der Waals surface area contributed by atoms with Gasteiger partial charge in [0.1, 0.15) is 0 Å². The first-order valence-electron chi connectivity index (χ1n) is 6.32. The molecular formula is C12H20N4O2S. The number of nitrogens with zero attached hydrogens (tertiary/aromatic N) is 3. The van der Waals surface area contributed by atoms with Crippen LogP contribution in [0, 0.1) is 0 Å². The van der Waals surface area contributed by atoms with Crippen molar-refractivity contribution in [2.24, 2.45) is 5.73 Å². The van der Waals surface area contributed by atoms with E-state index in [0.717, 1.165) is 5.69 Å². The Morgan fingerprint density at radius 1 is 1.32 bits per heavy atom. The van der Waals surface area contributed by atoms with Crippen LogP contribution in [0.5, 0.6) is 0 Å². The van der Waals surface area contributed by atoms with E-state index in [2.05, 4.69) is 9.88 Å². The fraction of sp³-hybridized carbons (Fsp3) is 0.583. The number of pyridine rings is 1. The lowest BCUT2D eigenvalue weighted by molar-refractivity contribution is 0.138. The second kappa shape index (κ2) is 5.96. The maximum Gasteiger partial charge on any atom is 0.211 e. The van der Waals surface area contributed by atoms with Gasteiger partial charge in [-0.1, -0.05) is 6.07 Å². The maximum atomic E-state index is 11.5. The summed E-state index contributed by atoms with van der Waals surface area (Å²) in [5.41, 5.74) is 6.78. The van der Waals surface area contributed by atoms with Crippen LogP contribution in [0.1, 0.15) is 11.7 Å². The summed E-state index contributed by atoms with van der Waals surface area (Å²) in [6.45, 7) is 2.89. The van der Waals surface area contributed by atoms with E-state index in [9.17, 15) is 8.42 Å². The fourth-order valence-electron chi connectivity index (χ4n) is 2.38. The van der Waals surface area contributed by atoms with Gasteiger partial charge in [0, 0.05) is 38.9 Å². The molecule has 2 N–H and O–H groups in total. The first-order valence-corrected chi connectivity index (χ1v) is 8.17. The largest absolute Gasteiger partial charge is 0.329 e. The van der Waals surface area contributed by atoms with Gasteiger partial charge in [0.05, 0.1) is 18.0 Å². The van der Waals surface area contributed by atoms with Crippen LogP contribution in [0.2, 0.25) is 0 Å². The predicted molar refractivity (Wildman–Crippen MR) is 74.0 cm³/mol. The van der Waals surface area contributed by atoms with Crippen molar-refractivity contribution in [3.05, 3.63) is 30.1 Å². The van der Waals surface area contributed by atoms with Gasteiger partial charge >= 0.3 is 0 Å². The molecule has 0 amide bonds. The first kappa shape index (κ1) is 14.4. The van der Waals surface area contributed by atoms with Crippen molar-refractivity contribution in [3.8, 4) is 0 Å². The smallest absolute Gasteiger partial charge is 0.211 e. The summed E-state index contributed by atoms with van der Waals surface area (Å²) < 4.78 is 24.5. The Balaban J connectivity index is 2.04. The fourth-order valence-corrected chi connectivity index (χ4v) is 3.20. The van der Waals surface area contributed by atoms with E-state index in [4.69, 9.17) is 5.73 Å². The van der Waals surface area contributed by atoms with Crippen molar-refractivity contribution >= 4 is 10.0 Å². The third-order valence-corrected chi connectivity index (χ3v) is 4.74. The summed E-state index contributed by atoms with van der Waals surface area (Å²) in [7, 11) is -3.09. The van der Waals surface area contributed by atoms with Crippen molar-refractivity contribution < 1.29 is 8.42 Å². The Labute approximate surface area is 114 Å². The Bertz CT molecular complexity index is 498. The zero-order chi connectivity index (χ0) is 13.9. The Hall–Kier alpha value is -1.02. The molecule has 2 heterocycles. The molecule has 1 aromatic rings. The highest BCUT2D eigenvalue weighted by molar-refractivity contribution is 7.88. The van der Waals surface area contributed by atoms with Crippen molar-refractivity contribution in [2.75, 3.05) is 39.0 Å². The molecule has 1 aliphatic heterocycles. The molecule has 1 fully saturated rings. The van der Waals surface area contributed by atoms with E-state index in [1.165, 1.54) is 10.6 Å². The molecule has 1 saturated heterocycles. The lowest BCUT2D eigenvalue weighted by Crippen LogP contribution is -2.50. The van der Waals surface area contributed by atoms with Crippen molar-refractivity contribution in [1.82, 2.24) is 14.2 Å². The van der Waals surface area contributed by atoms with Gasteiger partial charge in [0.2, 0.25) is 10.0 Å². The highest BCUT2D eigenvalue weighted by atomic mass is 32.2. The van der Waals surface area contributed by atoms with E-state index < -0.39 is 10.0 Å². The van der Waals surface area contributed by atoms with Crippen LogP contribution in [-0.2, 0) is 10.0 Å². The highest BCUT2D eigenvalue weighted by Gasteiger charge is 2.28. The predicted octanol–water partition coefficient (Wildman–Crippen LogP) is -0.341. The number of sulfonamides is 1. The Morgan fingerprint density at radius 3 is 2.47 bits per heavy atom. The number of rotatable bonds is 4. The highest BCUT2D eigenvalue weighted by Crippen LogP contribution is 2.19. The Morgan fingerprint density at radius 2 is 2.00 bits per heavy atom. The molecule has 6 nitrogen and oxygen atoms in total. The molecule has 0 saturated carbocycles. The maximum absolute atomic E-state index is 11.5. The van der Waals surface area contributed by atoms with E-state index in [1.807, 2.05) is 18.2 Å². The molecule has 2 rings (SSSR count). The van der Waals surface area contributed by atoms with Crippen LogP contribution in [0.4, 0.5) is 0 Å². The summed E-state index contributed by atoms with van der Waals surface area (Å²) in [6, 6.07) is 5.83. The van der Waals surface area contributed by atoms with Crippen LogP contribution in [0.3, 0.4) is 0 Å². The van der Waals surface area contributed by atoms with Gasteiger partial charge in [-0.25, -0.2) is 8.42 Å². The molecule has 1 aromatic heterocycles. The van der Waals surface area contributed by atoms with Crippen molar-refractivity contribution in [3.63, 3.8) is 0 Å². The average molecular weight is 284 g/mol. The standard InChI is InChI=1S/C12H20N4O2S/c1-19(17,18)16-8-6-15(7-9-16)12(10-13)11-4-2-3-5-14-11/h2-5,12H,6-10,13H2,1H3. The topological polar surface area (TPSA) is 79.5 Å². The number of nitrogens with two attached hydrogens (primary N) is 1. The second-order valence-electron chi connectivity index (χ2n) is 4.70. The number of hydrogen-bond acceptors (Lipinski definition) is 5. The quantitative estimate of drug-likeness (QED) is 0.818. The van der Waals surface area contributed by atoms with Crippen LogP contribution < -0.4 is 5.73 Å². The van der Waals surface area contributed by atoms with Gasteiger partial charge in [-0.3, -0.25) is 9.88 Å². The summed E-state index contributed by atoms with van der Waals surface area (Å²) in [5.74, 6) is 0. The number of aromatic nitrogens is 1. The van der Waals surface area contributed by atoms with Gasteiger partial charge in [-0.15, -0.1) is 0 Å². The minimum Gasteiger partial charge on any atom is -0.329 e. The lowest BCUT2D eigenvalue weighted by atomic mass is 10.1. The summed E-state index contributed by atoms with van der Waals surface area (Å²) in [5, 5.41) is 0. The van der Waals surface area contributed by atoms with Crippen LogP contribution in [-0.4, -0.2) is 61.6 Å². The molecular weight excluding hydrogens is 264 g/mol. The number of piperazine rings is 1. The third-order valence-electron chi connectivity index (χ3n) is 3.44. The minimum atomic E-state index is -3.09. The Kier molecular flexibility index (Phi) is 4.51. The molecule has 7 heteroatoms. The van der Waals surface area contributed by atoms with Gasteiger partial charge in [-0.2, -0.15) is 4.31 Å². The molecule has 0 bridgehead atoms. The van der Waals surface area contributed by atoms with Crippen molar-refractivity contribution in [2.45, 2.75) is 6.04 Å². The molecule has 1 unspecified atom stereocenters. The van der Waals surface area contributed by atoms with Crippen molar-refractivity contribution in [1.29, 1.82) is 0 Å². The summed E-state index contributed by atoms with van der Waals surface area (Å²) >= 11 is 0. The molecule has 1 aliphatic rings. The van der Waals surface area contributed by atoms with Gasteiger partial charge < -0.3 is 5.73 Å². The monoisotopic (exact) mass is 284 g/mol. The van der Waals surface area contributed by atoms with Crippen LogP contribution in [0.25, 0.3) is 0 Å². The average Bonchev–Trinajstić information content (AvgIpc) is 2.40. The van der Waals surface area contributed by atoms with E-state index in [-0.39, 0.29) is 6.04 Å².